The number of amides is 1. The van der Waals surface area contributed by atoms with Gasteiger partial charge in [-0.1, -0.05) is 13.8 Å². The molecule has 0 aliphatic rings. The van der Waals surface area contributed by atoms with E-state index >= 15 is 0 Å². The van der Waals surface area contributed by atoms with Gasteiger partial charge in [0.15, 0.2) is 0 Å². The SMILES string of the molecule is CC(C)C(CN(C)C)NC(=O)c1cc(Br)cn1C(C)C. The van der Waals surface area contributed by atoms with Crippen molar-refractivity contribution < 1.29 is 4.79 Å². The van der Waals surface area contributed by atoms with Gasteiger partial charge in [0.05, 0.1) is 0 Å². The zero-order valence-electron chi connectivity index (χ0n) is 13.3. The van der Waals surface area contributed by atoms with Crippen LogP contribution in [0.1, 0.15) is 44.2 Å². The number of likely N-dealkylation sites (N-methyl/N-ethyl adjacent to an activating group) is 1. The van der Waals surface area contributed by atoms with Gasteiger partial charge in [0.1, 0.15) is 5.69 Å². The lowest BCUT2D eigenvalue weighted by Gasteiger charge is -2.26. The summed E-state index contributed by atoms with van der Waals surface area (Å²) in [6, 6.07) is 2.28. The molecule has 1 atom stereocenters. The van der Waals surface area contributed by atoms with E-state index < -0.39 is 0 Å². The third-order valence-electron chi connectivity index (χ3n) is 3.29. The van der Waals surface area contributed by atoms with Crippen molar-refractivity contribution >= 4 is 21.8 Å². The lowest BCUT2D eigenvalue weighted by molar-refractivity contribution is 0.0905. The highest BCUT2D eigenvalue weighted by Gasteiger charge is 2.21. The first-order chi connectivity index (χ1) is 9.22. The van der Waals surface area contributed by atoms with Crippen molar-refractivity contribution in [1.82, 2.24) is 14.8 Å². The Bertz CT molecular complexity index is 452. The first-order valence-corrected chi connectivity index (χ1v) is 7.84. The number of rotatable bonds is 6. The number of nitrogens with one attached hydrogen (secondary N) is 1. The molecule has 1 aromatic rings. The van der Waals surface area contributed by atoms with Crippen molar-refractivity contribution in [2.24, 2.45) is 5.92 Å². The van der Waals surface area contributed by atoms with E-state index in [1.807, 2.05) is 30.9 Å². The van der Waals surface area contributed by atoms with Crippen LogP contribution in [-0.2, 0) is 0 Å². The molecule has 4 nitrogen and oxygen atoms in total. The fourth-order valence-corrected chi connectivity index (χ4v) is 2.55. The molecular weight excluding hydrogens is 318 g/mol. The number of carbonyl (C=O) groups is 1. The largest absolute Gasteiger partial charge is 0.346 e. The number of halogens is 1. The minimum atomic E-state index is -0.00931. The summed E-state index contributed by atoms with van der Waals surface area (Å²) in [6.45, 7) is 9.25. The maximum absolute atomic E-state index is 12.5. The zero-order valence-corrected chi connectivity index (χ0v) is 14.9. The molecule has 0 radical (unpaired) electrons. The minimum Gasteiger partial charge on any atom is -0.346 e. The minimum absolute atomic E-state index is 0.00931. The molecule has 1 aromatic heterocycles. The third-order valence-corrected chi connectivity index (χ3v) is 3.72. The van der Waals surface area contributed by atoms with Crippen LogP contribution in [0.15, 0.2) is 16.7 Å². The van der Waals surface area contributed by atoms with Gasteiger partial charge in [-0.2, -0.15) is 0 Å². The van der Waals surface area contributed by atoms with Crippen LogP contribution in [0.2, 0.25) is 0 Å². The van der Waals surface area contributed by atoms with Crippen molar-refractivity contribution in [2.45, 2.75) is 39.8 Å². The normalized spacial score (nSPS) is 13.3. The van der Waals surface area contributed by atoms with E-state index in [0.717, 1.165) is 11.0 Å². The molecule has 1 unspecified atom stereocenters. The smallest absolute Gasteiger partial charge is 0.268 e. The van der Waals surface area contributed by atoms with Crippen LogP contribution in [0.3, 0.4) is 0 Å². The Morgan fingerprint density at radius 2 is 1.95 bits per heavy atom. The van der Waals surface area contributed by atoms with E-state index in [4.69, 9.17) is 0 Å². The molecule has 0 aromatic carbocycles. The van der Waals surface area contributed by atoms with Crippen molar-refractivity contribution in [3.63, 3.8) is 0 Å². The van der Waals surface area contributed by atoms with E-state index in [-0.39, 0.29) is 18.0 Å². The van der Waals surface area contributed by atoms with E-state index in [0.29, 0.717) is 11.6 Å². The van der Waals surface area contributed by atoms with Crippen LogP contribution in [0.5, 0.6) is 0 Å². The fourth-order valence-electron chi connectivity index (χ4n) is 2.11. The fraction of sp³-hybridized carbons (Fsp3) is 0.667. The second-order valence-corrected chi connectivity index (χ2v) is 7.05. The molecule has 0 aliphatic carbocycles. The van der Waals surface area contributed by atoms with E-state index in [1.165, 1.54) is 0 Å². The van der Waals surface area contributed by atoms with E-state index in [9.17, 15) is 4.79 Å². The van der Waals surface area contributed by atoms with Gasteiger partial charge in [0, 0.05) is 29.3 Å². The Balaban J connectivity index is 2.89. The molecule has 20 heavy (non-hydrogen) atoms. The lowest BCUT2D eigenvalue weighted by atomic mass is 10.0. The molecular formula is C15H26BrN3O. The summed E-state index contributed by atoms with van der Waals surface area (Å²) in [4.78, 5) is 14.6. The van der Waals surface area contributed by atoms with Gasteiger partial charge in [-0.25, -0.2) is 0 Å². The Kier molecular flexibility index (Phi) is 6.27. The number of aromatic nitrogens is 1. The topological polar surface area (TPSA) is 37.3 Å². The van der Waals surface area contributed by atoms with Gasteiger partial charge in [-0.3, -0.25) is 4.79 Å². The second kappa shape index (κ2) is 7.27. The second-order valence-electron chi connectivity index (χ2n) is 6.13. The summed E-state index contributed by atoms with van der Waals surface area (Å²) in [5.74, 6) is 0.386. The molecule has 0 saturated carbocycles. The van der Waals surface area contributed by atoms with Crippen molar-refractivity contribution in [3.8, 4) is 0 Å². The summed E-state index contributed by atoms with van der Waals surface area (Å²) in [7, 11) is 4.05. The van der Waals surface area contributed by atoms with Crippen LogP contribution in [0.4, 0.5) is 0 Å². The Hall–Kier alpha value is -0.810. The molecule has 1 heterocycles. The van der Waals surface area contributed by atoms with E-state index in [1.54, 1.807) is 0 Å². The van der Waals surface area contributed by atoms with Gasteiger partial charge in [-0.05, 0) is 55.9 Å². The van der Waals surface area contributed by atoms with Gasteiger partial charge >= 0.3 is 0 Å². The van der Waals surface area contributed by atoms with Crippen LogP contribution < -0.4 is 5.32 Å². The highest BCUT2D eigenvalue weighted by atomic mass is 79.9. The van der Waals surface area contributed by atoms with Crippen LogP contribution in [-0.4, -0.2) is 42.1 Å². The molecule has 114 valence electrons. The number of hydrogen-bond acceptors (Lipinski definition) is 2. The predicted octanol–water partition coefficient (Wildman–Crippen LogP) is 3.15. The quantitative estimate of drug-likeness (QED) is 0.861. The molecule has 0 fully saturated rings. The van der Waals surface area contributed by atoms with Crippen LogP contribution >= 0.6 is 15.9 Å². The first-order valence-electron chi connectivity index (χ1n) is 7.05. The summed E-state index contributed by atoms with van der Waals surface area (Å²) >= 11 is 3.45. The number of hydrogen-bond donors (Lipinski definition) is 1. The monoisotopic (exact) mass is 343 g/mol. The van der Waals surface area contributed by atoms with Crippen molar-refractivity contribution in [2.75, 3.05) is 20.6 Å². The van der Waals surface area contributed by atoms with E-state index in [2.05, 4.69) is 53.8 Å². The van der Waals surface area contributed by atoms with Gasteiger partial charge in [0.2, 0.25) is 0 Å². The molecule has 5 heteroatoms. The predicted molar refractivity (Wildman–Crippen MR) is 87.2 cm³/mol. The molecule has 0 bridgehead atoms. The highest BCUT2D eigenvalue weighted by molar-refractivity contribution is 9.10. The molecule has 0 saturated heterocycles. The van der Waals surface area contributed by atoms with Gasteiger partial charge < -0.3 is 14.8 Å². The first kappa shape index (κ1) is 17.2. The average molecular weight is 344 g/mol. The van der Waals surface area contributed by atoms with Gasteiger partial charge in [0.25, 0.3) is 5.91 Å². The van der Waals surface area contributed by atoms with Gasteiger partial charge in [-0.15, -0.1) is 0 Å². The summed E-state index contributed by atoms with van der Waals surface area (Å²) < 4.78 is 2.93. The summed E-state index contributed by atoms with van der Waals surface area (Å²) in [5.41, 5.74) is 0.705. The molecule has 0 spiro atoms. The molecule has 1 rings (SSSR count). The summed E-state index contributed by atoms with van der Waals surface area (Å²) in [6.07, 6.45) is 1.95. The molecule has 0 aliphatic heterocycles. The highest BCUT2D eigenvalue weighted by Crippen LogP contribution is 2.19. The number of carbonyl (C=O) groups excluding carboxylic acids is 1. The maximum atomic E-state index is 12.5. The standard InChI is InChI=1S/C15H26BrN3O/c1-10(2)13(9-18(5)6)17-15(20)14-7-12(16)8-19(14)11(3)4/h7-8,10-11,13H,9H2,1-6H3,(H,17,20). The average Bonchev–Trinajstić information content (AvgIpc) is 2.69. The summed E-state index contributed by atoms with van der Waals surface area (Å²) in [5, 5.41) is 3.15. The molecule has 1 amide bonds. The van der Waals surface area contributed by atoms with Crippen LogP contribution in [0, 0.1) is 5.92 Å². The lowest BCUT2D eigenvalue weighted by Crippen LogP contribution is -2.45. The Morgan fingerprint density at radius 1 is 1.35 bits per heavy atom. The molecule has 1 N–H and O–H groups in total. The zero-order chi connectivity index (χ0) is 15.4. The third kappa shape index (κ3) is 4.63. The van der Waals surface area contributed by atoms with Crippen molar-refractivity contribution in [1.29, 1.82) is 0 Å². The Morgan fingerprint density at radius 3 is 2.40 bits per heavy atom. The number of nitrogens with zero attached hydrogens (tertiary/aromatic N) is 2. The van der Waals surface area contributed by atoms with Crippen LogP contribution in [0.25, 0.3) is 0 Å². The van der Waals surface area contributed by atoms with Crippen molar-refractivity contribution in [3.05, 3.63) is 22.4 Å². The maximum Gasteiger partial charge on any atom is 0.268 e. The Labute approximate surface area is 130 Å².